The van der Waals surface area contributed by atoms with Gasteiger partial charge in [0.2, 0.25) is 0 Å². The molecule has 0 spiro atoms. The molecule has 0 unspecified atom stereocenters. The third-order valence-electron chi connectivity index (χ3n) is 4.00. The van der Waals surface area contributed by atoms with Crippen LogP contribution in [0.2, 0.25) is 0 Å². The first-order chi connectivity index (χ1) is 11.1. The summed E-state index contributed by atoms with van der Waals surface area (Å²) in [7, 11) is 0. The lowest BCUT2D eigenvalue weighted by Gasteiger charge is -2.32. The van der Waals surface area contributed by atoms with Crippen LogP contribution < -0.4 is 5.32 Å². The zero-order valence-corrected chi connectivity index (χ0v) is 12.5. The smallest absolute Gasteiger partial charge is 0.257 e. The number of furan rings is 1. The maximum Gasteiger partial charge on any atom is 0.257 e. The van der Waals surface area contributed by atoms with E-state index in [0.717, 1.165) is 0 Å². The fraction of sp³-hybridized carbons (Fsp3) is 0.294. The second-order valence-corrected chi connectivity index (χ2v) is 5.53. The average Bonchev–Trinajstić information content (AvgIpc) is 3.09. The van der Waals surface area contributed by atoms with Crippen LogP contribution in [0.3, 0.4) is 0 Å². The molecular weight excluding hydrogens is 299 g/mol. The molecule has 6 heteroatoms. The summed E-state index contributed by atoms with van der Waals surface area (Å²) in [6.45, 7) is 1.10. The van der Waals surface area contributed by atoms with Crippen molar-refractivity contribution in [3.8, 4) is 0 Å². The molecule has 3 rings (SSSR count). The minimum atomic E-state index is -0.530. The molecule has 1 aliphatic heterocycles. The number of likely N-dealkylation sites (tertiary alicyclic amines) is 1. The highest BCUT2D eigenvalue weighted by atomic mass is 19.1. The maximum atomic E-state index is 13.6. The molecule has 1 aromatic carbocycles. The van der Waals surface area contributed by atoms with Crippen LogP contribution in [0.4, 0.5) is 4.39 Å². The molecule has 0 atom stereocenters. The van der Waals surface area contributed by atoms with Crippen molar-refractivity contribution in [2.75, 3.05) is 13.1 Å². The van der Waals surface area contributed by atoms with E-state index in [1.54, 1.807) is 23.1 Å². The second-order valence-electron chi connectivity index (χ2n) is 5.53. The van der Waals surface area contributed by atoms with Crippen molar-refractivity contribution in [2.45, 2.75) is 18.9 Å². The number of halogens is 1. The third-order valence-corrected chi connectivity index (χ3v) is 4.00. The van der Waals surface area contributed by atoms with E-state index in [-0.39, 0.29) is 17.5 Å². The Morgan fingerprint density at radius 3 is 2.57 bits per heavy atom. The largest absolute Gasteiger partial charge is 0.472 e. The molecule has 1 N–H and O–H groups in total. The van der Waals surface area contributed by atoms with E-state index >= 15 is 0 Å². The van der Waals surface area contributed by atoms with E-state index in [4.69, 9.17) is 4.42 Å². The lowest BCUT2D eigenvalue weighted by Crippen LogP contribution is -2.46. The summed E-state index contributed by atoms with van der Waals surface area (Å²) in [5.41, 5.74) is 0.572. The van der Waals surface area contributed by atoms with Crippen molar-refractivity contribution >= 4 is 11.8 Å². The third kappa shape index (κ3) is 3.41. The second kappa shape index (κ2) is 6.64. The van der Waals surface area contributed by atoms with Gasteiger partial charge in [0.15, 0.2) is 0 Å². The van der Waals surface area contributed by atoms with Crippen LogP contribution >= 0.6 is 0 Å². The number of hydrogen-bond acceptors (Lipinski definition) is 3. The molecule has 1 saturated heterocycles. The van der Waals surface area contributed by atoms with E-state index in [1.807, 2.05) is 0 Å². The van der Waals surface area contributed by atoms with Gasteiger partial charge in [-0.15, -0.1) is 0 Å². The van der Waals surface area contributed by atoms with Crippen LogP contribution in [-0.4, -0.2) is 35.8 Å². The van der Waals surface area contributed by atoms with Gasteiger partial charge in [-0.25, -0.2) is 4.39 Å². The molecule has 120 valence electrons. The number of rotatable bonds is 3. The highest BCUT2D eigenvalue weighted by Crippen LogP contribution is 2.15. The lowest BCUT2D eigenvalue weighted by atomic mass is 10.0. The van der Waals surface area contributed by atoms with Crippen LogP contribution in [0, 0.1) is 5.82 Å². The summed E-state index contributed by atoms with van der Waals surface area (Å²) < 4.78 is 18.5. The van der Waals surface area contributed by atoms with E-state index in [1.165, 1.54) is 24.7 Å². The van der Waals surface area contributed by atoms with Crippen molar-refractivity contribution in [1.82, 2.24) is 10.2 Å². The Kier molecular flexibility index (Phi) is 4.41. The van der Waals surface area contributed by atoms with E-state index in [2.05, 4.69) is 5.32 Å². The summed E-state index contributed by atoms with van der Waals surface area (Å²) in [4.78, 5) is 26.0. The van der Waals surface area contributed by atoms with Crippen LogP contribution in [-0.2, 0) is 0 Å². The normalized spacial score (nSPS) is 15.4. The van der Waals surface area contributed by atoms with Crippen LogP contribution in [0.1, 0.15) is 33.6 Å². The molecule has 2 heterocycles. The summed E-state index contributed by atoms with van der Waals surface area (Å²) in [6.07, 6.45) is 4.18. The Hall–Kier alpha value is -2.63. The topological polar surface area (TPSA) is 62.6 Å². The fourth-order valence-electron chi connectivity index (χ4n) is 2.70. The first kappa shape index (κ1) is 15.3. The minimum absolute atomic E-state index is 0.0457. The highest BCUT2D eigenvalue weighted by Gasteiger charge is 2.25. The molecule has 0 bridgehead atoms. The van der Waals surface area contributed by atoms with Crippen LogP contribution in [0.25, 0.3) is 0 Å². The first-order valence-electron chi connectivity index (χ1n) is 7.52. The van der Waals surface area contributed by atoms with E-state index < -0.39 is 11.7 Å². The summed E-state index contributed by atoms with van der Waals surface area (Å²) in [5.74, 6) is -1.02. The molecule has 0 radical (unpaired) electrons. The SMILES string of the molecule is O=C(NC1CCN(C(=O)c2ccoc2)CC1)c1ccccc1F. The maximum absolute atomic E-state index is 13.6. The number of carbonyl (C=O) groups is 2. The number of hydrogen-bond donors (Lipinski definition) is 1. The lowest BCUT2D eigenvalue weighted by molar-refractivity contribution is 0.0697. The molecule has 0 saturated carbocycles. The van der Waals surface area contributed by atoms with Crippen molar-refractivity contribution in [3.05, 3.63) is 59.8 Å². The van der Waals surface area contributed by atoms with Crippen LogP contribution in [0.5, 0.6) is 0 Å². The van der Waals surface area contributed by atoms with Crippen LogP contribution in [0.15, 0.2) is 47.3 Å². The van der Waals surface area contributed by atoms with Gasteiger partial charge in [-0.05, 0) is 31.0 Å². The predicted molar refractivity (Wildman–Crippen MR) is 81.5 cm³/mol. The average molecular weight is 316 g/mol. The number of nitrogens with one attached hydrogen (secondary N) is 1. The van der Waals surface area contributed by atoms with Gasteiger partial charge in [0, 0.05) is 19.1 Å². The van der Waals surface area contributed by atoms with Gasteiger partial charge in [-0.1, -0.05) is 12.1 Å². The quantitative estimate of drug-likeness (QED) is 0.946. The van der Waals surface area contributed by atoms with Crippen molar-refractivity contribution in [3.63, 3.8) is 0 Å². The molecule has 2 aromatic rings. The number of nitrogens with zero attached hydrogens (tertiary/aromatic N) is 1. The van der Waals surface area contributed by atoms with Gasteiger partial charge < -0.3 is 14.6 Å². The van der Waals surface area contributed by atoms with Gasteiger partial charge in [0.05, 0.1) is 17.4 Å². The number of benzene rings is 1. The molecule has 2 amide bonds. The first-order valence-corrected chi connectivity index (χ1v) is 7.52. The monoisotopic (exact) mass is 316 g/mol. The Bertz CT molecular complexity index is 692. The number of carbonyl (C=O) groups excluding carboxylic acids is 2. The molecule has 1 aliphatic rings. The van der Waals surface area contributed by atoms with Crippen molar-refractivity contribution < 1.29 is 18.4 Å². The predicted octanol–water partition coefficient (Wildman–Crippen LogP) is 2.45. The number of amides is 2. The molecule has 5 nitrogen and oxygen atoms in total. The van der Waals surface area contributed by atoms with Crippen molar-refractivity contribution in [1.29, 1.82) is 0 Å². The zero-order valence-electron chi connectivity index (χ0n) is 12.5. The molecule has 0 aliphatic carbocycles. The summed E-state index contributed by atoms with van der Waals surface area (Å²) in [6, 6.07) is 7.48. The molecular formula is C17H17FN2O3. The van der Waals surface area contributed by atoms with E-state index in [9.17, 15) is 14.0 Å². The Morgan fingerprint density at radius 1 is 1.17 bits per heavy atom. The van der Waals surface area contributed by atoms with Gasteiger partial charge >= 0.3 is 0 Å². The highest BCUT2D eigenvalue weighted by molar-refractivity contribution is 5.95. The Morgan fingerprint density at radius 2 is 1.91 bits per heavy atom. The summed E-state index contributed by atoms with van der Waals surface area (Å²) >= 11 is 0. The van der Waals surface area contributed by atoms with Gasteiger partial charge in [-0.3, -0.25) is 9.59 Å². The number of piperidine rings is 1. The standard InChI is InChI=1S/C17H17FN2O3/c18-15-4-2-1-3-14(15)16(21)19-13-5-8-20(9-6-13)17(22)12-7-10-23-11-12/h1-4,7,10-11,13H,5-6,8-9H2,(H,19,21). The fourth-order valence-corrected chi connectivity index (χ4v) is 2.70. The van der Waals surface area contributed by atoms with Gasteiger partial charge in [0.25, 0.3) is 11.8 Å². The minimum Gasteiger partial charge on any atom is -0.472 e. The molecule has 23 heavy (non-hydrogen) atoms. The van der Waals surface area contributed by atoms with Crippen molar-refractivity contribution in [2.24, 2.45) is 0 Å². The molecule has 1 fully saturated rings. The Balaban J connectivity index is 1.54. The molecule has 1 aromatic heterocycles. The summed E-state index contributed by atoms with van der Waals surface area (Å²) in [5, 5.41) is 2.83. The zero-order chi connectivity index (χ0) is 16.2. The van der Waals surface area contributed by atoms with Gasteiger partial charge in [-0.2, -0.15) is 0 Å². The van der Waals surface area contributed by atoms with E-state index in [0.29, 0.717) is 31.5 Å². The Labute approximate surface area is 133 Å². The van der Waals surface area contributed by atoms with Gasteiger partial charge in [0.1, 0.15) is 12.1 Å².